The van der Waals surface area contributed by atoms with Crippen molar-refractivity contribution in [3.8, 4) is 0 Å². The molecule has 111 valence electrons. The van der Waals surface area contributed by atoms with Crippen molar-refractivity contribution in [3.63, 3.8) is 0 Å². The molecule has 1 rings (SSSR count). The zero-order valence-electron chi connectivity index (χ0n) is 13.4. The number of hydrogen-bond acceptors (Lipinski definition) is 3. The molecular weight excluding hydrogens is 242 g/mol. The number of piperidine rings is 1. The van der Waals surface area contributed by atoms with Crippen LogP contribution < -0.4 is 0 Å². The summed E-state index contributed by atoms with van der Waals surface area (Å²) < 4.78 is 5.66. The van der Waals surface area contributed by atoms with Gasteiger partial charge in [0.25, 0.3) is 0 Å². The Hall–Kier alpha value is -0.610. The van der Waals surface area contributed by atoms with Crippen molar-refractivity contribution in [2.75, 3.05) is 0 Å². The average molecular weight is 270 g/mol. The first-order valence-corrected chi connectivity index (χ1v) is 7.11. The van der Waals surface area contributed by atoms with Crippen molar-refractivity contribution in [1.29, 1.82) is 0 Å². The van der Waals surface area contributed by atoms with E-state index in [1.807, 2.05) is 48.5 Å². The lowest BCUT2D eigenvalue weighted by Gasteiger charge is -2.49. The van der Waals surface area contributed by atoms with Crippen LogP contribution in [0.25, 0.3) is 0 Å². The second-order valence-corrected chi connectivity index (χ2v) is 7.59. The van der Waals surface area contributed by atoms with Crippen molar-refractivity contribution in [1.82, 2.24) is 5.06 Å². The number of esters is 1. The summed E-state index contributed by atoms with van der Waals surface area (Å²) in [4.78, 5) is 12.2. The van der Waals surface area contributed by atoms with E-state index in [0.29, 0.717) is 12.8 Å². The second kappa shape index (κ2) is 5.06. The number of hydrogen-bond donors (Lipinski definition) is 0. The van der Waals surface area contributed by atoms with Gasteiger partial charge in [-0.1, -0.05) is 6.92 Å². The van der Waals surface area contributed by atoms with E-state index < -0.39 is 16.5 Å². The molecule has 4 heteroatoms. The minimum Gasteiger partial charge on any atom is -0.462 e. The number of ether oxygens (including phenoxy) is 1. The summed E-state index contributed by atoms with van der Waals surface area (Å²) in [5, 5.41) is 13.4. The molecule has 0 N–H and O–H groups in total. The molecule has 1 heterocycles. The Balaban J connectivity index is 2.79. The van der Waals surface area contributed by atoms with Crippen LogP contribution in [0, 0.1) is 5.41 Å². The molecule has 0 bridgehead atoms. The maximum Gasteiger partial charge on any atom is 0.311 e. The van der Waals surface area contributed by atoms with Gasteiger partial charge in [-0.05, 0) is 48.0 Å². The van der Waals surface area contributed by atoms with Crippen LogP contribution in [-0.4, -0.2) is 28.2 Å². The van der Waals surface area contributed by atoms with Gasteiger partial charge in [0.2, 0.25) is 0 Å². The fourth-order valence-corrected chi connectivity index (χ4v) is 2.71. The van der Waals surface area contributed by atoms with E-state index in [9.17, 15) is 10.0 Å². The summed E-state index contributed by atoms with van der Waals surface area (Å²) in [5.41, 5.74) is -1.45. The van der Waals surface area contributed by atoms with Gasteiger partial charge in [-0.25, -0.2) is 0 Å². The standard InChI is InChI=1S/C15H28NO3/c1-8-13(2,3)12(17)19-11-9-14(4,5)16(18)15(6,7)10-11/h11H,8-10H2,1-7H3. The van der Waals surface area contributed by atoms with Crippen molar-refractivity contribution in [2.45, 2.75) is 84.9 Å². The smallest absolute Gasteiger partial charge is 0.311 e. The van der Waals surface area contributed by atoms with Gasteiger partial charge < -0.3 is 4.74 Å². The van der Waals surface area contributed by atoms with E-state index in [2.05, 4.69) is 0 Å². The summed E-state index contributed by atoms with van der Waals surface area (Å²) in [6.07, 6.45) is 1.75. The highest BCUT2D eigenvalue weighted by atomic mass is 16.5. The summed E-state index contributed by atoms with van der Waals surface area (Å²) in [6, 6.07) is 0. The quantitative estimate of drug-likeness (QED) is 0.739. The zero-order valence-corrected chi connectivity index (χ0v) is 13.4. The third-order valence-electron chi connectivity index (χ3n) is 4.26. The van der Waals surface area contributed by atoms with E-state index >= 15 is 0 Å². The molecule has 4 nitrogen and oxygen atoms in total. The summed E-state index contributed by atoms with van der Waals surface area (Å²) in [5.74, 6) is -0.161. The normalized spacial score (nSPS) is 24.2. The number of carbonyl (C=O) groups excluding carboxylic acids is 1. The topological polar surface area (TPSA) is 49.4 Å². The van der Waals surface area contributed by atoms with Crippen LogP contribution in [-0.2, 0) is 14.7 Å². The molecular formula is C15H28NO3. The molecule has 19 heavy (non-hydrogen) atoms. The van der Waals surface area contributed by atoms with Gasteiger partial charge in [0.15, 0.2) is 0 Å². The first-order chi connectivity index (χ1) is 8.42. The van der Waals surface area contributed by atoms with Crippen molar-refractivity contribution in [3.05, 3.63) is 0 Å². The van der Waals surface area contributed by atoms with Crippen LogP contribution in [0.15, 0.2) is 0 Å². The fourth-order valence-electron chi connectivity index (χ4n) is 2.71. The van der Waals surface area contributed by atoms with Gasteiger partial charge in [-0.2, -0.15) is 0 Å². The Morgan fingerprint density at radius 3 is 2.00 bits per heavy atom. The highest BCUT2D eigenvalue weighted by molar-refractivity contribution is 5.76. The van der Waals surface area contributed by atoms with Gasteiger partial charge >= 0.3 is 5.97 Å². The van der Waals surface area contributed by atoms with Crippen LogP contribution in [0.2, 0.25) is 0 Å². The molecule has 0 unspecified atom stereocenters. The minimum absolute atomic E-state index is 0.161. The van der Waals surface area contributed by atoms with Crippen LogP contribution in [0.4, 0.5) is 0 Å². The second-order valence-electron chi connectivity index (χ2n) is 7.59. The Kier molecular flexibility index (Phi) is 4.38. The van der Waals surface area contributed by atoms with E-state index in [0.717, 1.165) is 11.5 Å². The van der Waals surface area contributed by atoms with Gasteiger partial charge in [0, 0.05) is 23.9 Å². The number of hydroxylamine groups is 2. The van der Waals surface area contributed by atoms with Gasteiger partial charge in [0.1, 0.15) is 6.10 Å². The van der Waals surface area contributed by atoms with Crippen LogP contribution >= 0.6 is 0 Å². The Morgan fingerprint density at radius 2 is 1.63 bits per heavy atom. The van der Waals surface area contributed by atoms with E-state index in [1.165, 1.54) is 0 Å². The van der Waals surface area contributed by atoms with Gasteiger partial charge in [0.05, 0.1) is 5.41 Å². The van der Waals surface area contributed by atoms with Gasteiger partial charge in [-0.3, -0.25) is 4.79 Å². The minimum atomic E-state index is -0.497. The summed E-state index contributed by atoms with van der Waals surface area (Å²) >= 11 is 0. The Labute approximate surface area is 117 Å². The molecule has 0 aromatic heterocycles. The number of nitrogens with zero attached hydrogens (tertiary/aromatic N) is 1. The fraction of sp³-hybridized carbons (Fsp3) is 0.933. The first-order valence-electron chi connectivity index (χ1n) is 7.11. The van der Waals surface area contributed by atoms with E-state index in [1.54, 1.807) is 0 Å². The molecule has 1 radical (unpaired) electrons. The highest BCUT2D eigenvalue weighted by Crippen LogP contribution is 2.39. The summed E-state index contributed by atoms with van der Waals surface area (Å²) in [6.45, 7) is 13.4. The Bertz CT molecular complexity index is 329. The van der Waals surface area contributed by atoms with E-state index in [4.69, 9.17) is 4.74 Å². The molecule has 0 saturated carbocycles. The van der Waals surface area contributed by atoms with E-state index in [-0.39, 0.29) is 12.1 Å². The van der Waals surface area contributed by atoms with Crippen molar-refractivity contribution in [2.24, 2.45) is 5.41 Å². The summed E-state index contributed by atoms with van der Waals surface area (Å²) in [7, 11) is 0. The number of carbonyl (C=O) groups is 1. The van der Waals surface area contributed by atoms with Crippen molar-refractivity contribution < 1.29 is 14.7 Å². The molecule has 1 fully saturated rings. The monoisotopic (exact) mass is 270 g/mol. The molecule has 1 aliphatic heterocycles. The predicted octanol–water partition coefficient (Wildman–Crippen LogP) is 3.33. The average Bonchev–Trinajstić information content (AvgIpc) is 2.24. The molecule has 0 aromatic rings. The maximum absolute atomic E-state index is 12.2. The lowest BCUT2D eigenvalue weighted by atomic mass is 9.80. The molecule has 1 aliphatic rings. The van der Waals surface area contributed by atoms with Crippen LogP contribution in [0.5, 0.6) is 0 Å². The Morgan fingerprint density at radius 1 is 1.21 bits per heavy atom. The van der Waals surface area contributed by atoms with Gasteiger partial charge in [-0.15, -0.1) is 10.3 Å². The highest BCUT2D eigenvalue weighted by Gasteiger charge is 2.48. The molecule has 0 atom stereocenters. The lowest BCUT2D eigenvalue weighted by molar-refractivity contribution is -0.299. The third-order valence-corrected chi connectivity index (χ3v) is 4.26. The molecule has 0 spiro atoms. The largest absolute Gasteiger partial charge is 0.462 e. The molecule has 1 saturated heterocycles. The maximum atomic E-state index is 12.2. The molecule has 0 amide bonds. The first kappa shape index (κ1) is 16.4. The predicted molar refractivity (Wildman–Crippen MR) is 73.9 cm³/mol. The number of rotatable bonds is 3. The third kappa shape index (κ3) is 3.48. The van der Waals surface area contributed by atoms with Crippen molar-refractivity contribution >= 4 is 5.97 Å². The SMILES string of the molecule is CCC(C)(C)C(=O)OC1CC(C)(C)N([O])C(C)(C)C1. The zero-order chi connectivity index (χ0) is 15.1. The van der Waals surface area contributed by atoms with Crippen LogP contribution in [0.3, 0.4) is 0 Å². The lowest BCUT2D eigenvalue weighted by Crippen LogP contribution is -2.60. The van der Waals surface area contributed by atoms with Crippen LogP contribution in [0.1, 0.15) is 67.7 Å². The molecule has 0 aliphatic carbocycles. The molecule has 0 aromatic carbocycles.